The van der Waals surface area contributed by atoms with Gasteiger partial charge in [0.15, 0.2) is 0 Å². The lowest BCUT2D eigenvalue weighted by atomic mass is 10.0. The van der Waals surface area contributed by atoms with Crippen molar-refractivity contribution in [3.05, 3.63) is 0 Å². The topological polar surface area (TPSA) is 72.5 Å². The summed E-state index contributed by atoms with van der Waals surface area (Å²) in [5.41, 5.74) is 5.61. The molecule has 12 heavy (non-hydrogen) atoms. The zero-order chi connectivity index (χ0) is 9.56. The Hall–Kier alpha value is -0.610. The van der Waals surface area contributed by atoms with Crippen LogP contribution in [0, 0.1) is 0 Å². The molecule has 0 spiro atoms. The highest BCUT2D eigenvalue weighted by Gasteiger charge is 2.18. The van der Waals surface area contributed by atoms with Crippen LogP contribution in [0.15, 0.2) is 0 Å². The van der Waals surface area contributed by atoms with Crippen molar-refractivity contribution >= 4 is 5.97 Å². The van der Waals surface area contributed by atoms with E-state index in [1.165, 1.54) is 0 Å². The maximum atomic E-state index is 10.3. The molecule has 0 bridgehead atoms. The third-order valence-electron chi connectivity index (χ3n) is 1.76. The van der Waals surface area contributed by atoms with Crippen molar-refractivity contribution in [1.29, 1.82) is 0 Å². The van der Waals surface area contributed by atoms with Gasteiger partial charge in [0, 0.05) is 13.2 Å². The Kier molecular flexibility index (Phi) is 5.66. The molecule has 0 aliphatic heterocycles. The van der Waals surface area contributed by atoms with E-state index in [-0.39, 0.29) is 12.5 Å². The lowest BCUT2D eigenvalue weighted by Crippen LogP contribution is -2.37. The molecule has 0 aromatic rings. The minimum Gasteiger partial charge on any atom is -0.481 e. The molecule has 0 aromatic heterocycles. The molecule has 0 saturated heterocycles. The lowest BCUT2D eigenvalue weighted by Gasteiger charge is -2.20. The van der Waals surface area contributed by atoms with Gasteiger partial charge in [-0.3, -0.25) is 4.79 Å². The molecule has 72 valence electrons. The Balaban J connectivity index is 3.84. The maximum Gasteiger partial charge on any atom is 0.305 e. The maximum absolute atomic E-state index is 10.3. The van der Waals surface area contributed by atoms with Gasteiger partial charge in [0.05, 0.1) is 12.5 Å². The van der Waals surface area contributed by atoms with Crippen LogP contribution in [-0.2, 0) is 9.53 Å². The van der Waals surface area contributed by atoms with Crippen LogP contribution >= 0.6 is 0 Å². The number of methoxy groups -OCH3 is 1. The molecule has 4 nitrogen and oxygen atoms in total. The largest absolute Gasteiger partial charge is 0.481 e. The molecule has 0 aromatic carbocycles. The Bertz CT molecular complexity index is 138. The van der Waals surface area contributed by atoms with Crippen molar-refractivity contribution in [2.45, 2.75) is 38.3 Å². The molecule has 0 aliphatic rings. The molecule has 4 heteroatoms. The van der Waals surface area contributed by atoms with Gasteiger partial charge in [0.1, 0.15) is 0 Å². The summed E-state index contributed by atoms with van der Waals surface area (Å²) in [6.07, 6.45) is 1.60. The van der Waals surface area contributed by atoms with E-state index in [4.69, 9.17) is 15.6 Å². The normalized spacial score (nSPS) is 15.6. The predicted octanol–water partition coefficient (Wildman–Crippen LogP) is 0.603. The van der Waals surface area contributed by atoms with E-state index in [2.05, 4.69) is 0 Å². The molecule has 0 aliphatic carbocycles. The van der Waals surface area contributed by atoms with E-state index in [1.807, 2.05) is 6.92 Å². The second kappa shape index (κ2) is 5.97. The van der Waals surface area contributed by atoms with Crippen LogP contribution in [0.5, 0.6) is 0 Å². The molecule has 0 rings (SSSR count). The van der Waals surface area contributed by atoms with Gasteiger partial charge in [-0.25, -0.2) is 0 Å². The van der Waals surface area contributed by atoms with Crippen LogP contribution in [0.1, 0.15) is 26.2 Å². The molecule has 0 saturated carbocycles. The number of nitrogens with two attached hydrogens (primary N) is 1. The number of aliphatic carboxylic acids is 1. The van der Waals surface area contributed by atoms with E-state index in [1.54, 1.807) is 7.11 Å². The van der Waals surface area contributed by atoms with Gasteiger partial charge in [-0.15, -0.1) is 0 Å². The van der Waals surface area contributed by atoms with Gasteiger partial charge in [-0.2, -0.15) is 0 Å². The van der Waals surface area contributed by atoms with Crippen LogP contribution in [0.4, 0.5) is 0 Å². The molecule has 0 amide bonds. The van der Waals surface area contributed by atoms with Crippen LogP contribution in [-0.4, -0.2) is 30.3 Å². The first-order chi connectivity index (χ1) is 5.61. The van der Waals surface area contributed by atoms with Gasteiger partial charge in [-0.1, -0.05) is 13.3 Å². The van der Waals surface area contributed by atoms with Gasteiger partial charge < -0.3 is 15.6 Å². The summed E-state index contributed by atoms with van der Waals surface area (Å²) < 4.78 is 5.07. The standard InChI is InChI=1S/C8H17NO3/c1-3-4-7(12-2)6(9)5-8(10)11/h6-7H,3-5,9H2,1-2H3,(H,10,11). The van der Waals surface area contributed by atoms with Crippen molar-refractivity contribution in [3.63, 3.8) is 0 Å². The second-order valence-electron chi connectivity index (χ2n) is 2.82. The van der Waals surface area contributed by atoms with E-state index in [9.17, 15) is 4.79 Å². The Morgan fingerprint density at radius 2 is 2.25 bits per heavy atom. The molecule has 0 radical (unpaired) electrons. The zero-order valence-electron chi connectivity index (χ0n) is 7.62. The van der Waals surface area contributed by atoms with E-state index in [0.29, 0.717) is 0 Å². The minimum atomic E-state index is -0.874. The zero-order valence-corrected chi connectivity index (χ0v) is 7.62. The number of carbonyl (C=O) groups is 1. The van der Waals surface area contributed by atoms with Crippen LogP contribution < -0.4 is 5.73 Å². The number of hydrogen-bond donors (Lipinski definition) is 2. The van der Waals surface area contributed by atoms with Gasteiger partial charge in [0.2, 0.25) is 0 Å². The second-order valence-corrected chi connectivity index (χ2v) is 2.82. The van der Waals surface area contributed by atoms with Gasteiger partial charge in [0.25, 0.3) is 0 Å². The number of carboxylic acids is 1. The highest BCUT2D eigenvalue weighted by atomic mass is 16.5. The van der Waals surface area contributed by atoms with Crippen molar-refractivity contribution in [3.8, 4) is 0 Å². The summed E-state index contributed by atoms with van der Waals surface area (Å²) in [6.45, 7) is 2.01. The fourth-order valence-corrected chi connectivity index (χ4v) is 1.12. The number of ether oxygens (including phenoxy) is 1. The molecule has 3 N–H and O–H groups in total. The first kappa shape index (κ1) is 11.4. The summed E-state index contributed by atoms with van der Waals surface area (Å²) in [6, 6.07) is -0.396. The minimum absolute atomic E-state index is 0.0293. The van der Waals surface area contributed by atoms with Crippen LogP contribution in [0.3, 0.4) is 0 Å². The highest BCUT2D eigenvalue weighted by molar-refractivity contribution is 5.67. The van der Waals surface area contributed by atoms with Crippen LogP contribution in [0.2, 0.25) is 0 Å². The first-order valence-corrected chi connectivity index (χ1v) is 4.12. The quantitative estimate of drug-likeness (QED) is 0.620. The van der Waals surface area contributed by atoms with Gasteiger partial charge >= 0.3 is 5.97 Å². The van der Waals surface area contributed by atoms with Crippen molar-refractivity contribution in [2.24, 2.45) is 5.73 Å². The lowest BCUT2D eigenvalue weighted by molar-refractivity contribution is -0.138. The summed E-state index contributed by atoms with van der Waals surface area (Å²) in [4.78, 5) is 10.3. The predicted molar refractivity (Wildman–Crippen MR) is 45.9 cm³/mol. The van der Waals surface area contributed by atoms with Crippen molar-refractivity contribution in [2.75, 3.05) is 7.11 Å². The SMILES string of the molecule is CCCC(OC)C(N)CC(=O)O. The Labute approximate surface area is 72.7 Å². The number of hydrogen-bond acceptors (Lipinski definition) is 3. The molecule has 2 unspecified atom stereocenters. The average Bonchev–Trinajstić information content (AvgIpc) is 1.98. The number of rotatable bonds is 6. The molecular formula is C8H17NO3. The summed E-state index contributed by atoms with van der Waals surface area (Å²) in [7, 11) is 1.56. The summed E-state index contributed by atoms with van der Waals surface area (Å²) in [5.74, 6) is -0.874. The monoisotopic (exact) mass is 175 g/mol. The third kappa shape index (κ3) is 4.31. The smallest absolute Gasteiger partial charge is 0.305 e. The summed E-state index contributed by atoms with van der Waals surface area (Å²) >= 11 is 0. The molecule has 0 heterocycles. The highest BCUT2D eigenvalue weighted by Crippen LogP contribution is 2.07. The Morgan fingerprint density at radius 1 is 1.67 bits per heavy atom. The first-order valence-electron chi connectivity index (χ1n) is 4.12. The number of carboxylic acid groups (broad SMARTS) is 1. The van der Waals surface area contributed by atoms with Crippen molar-refractivity contribution in [1.82, 2.24) is 0 Å². The molecule has 0 fully saturated rings. The average molecular weight is 175 g/mol. The summed E-state index contributed by atoms with van der Waals surface area (Å²) in [5, 5.41) is 8.46. The fraction of sp³-hybridized carbons (Fsp3) is 0.875. The van der Waals surface area contributed by atoms with Crippen LogP contribution in [0.25, 0.3) is 0 Å². The Morgan fingerprint density at radius 3 is 2.58 bits per heavy atom. The molecular weight excluding hydrogens is 158 g/mol. The molecule has 2 atom stereocenters. The fourth-order valence-electron chi connectivity index (χ4n) is 1.12. The van der Waals surface area contributed by atoms with E-state index >= 15 is 0 Å². The van der Waals surface area contributed by atoms with Crippen molar-refractivity contribution < 1.29 is 14.6 Å². The third-order valence-corrected chi connectivity index (χ3v) is 1.76. The van der Waals surface area contributed by atoms with Gasteiger partial charge in [-0.05, 0) is 6.42 Å². The van der Waals surface area contributed by atoms with E-state index in [0.717, 1.165) is 12.8 Å². The van der Waals surface area contributed by atoms with E-state index < -0.39 is 12.0 Å².